The Morgan fingerprint density at radius 3 is 1.79 bits per heavy atom. The molecule has 0 N–H and O–H groups in total. The number of para-hydroxylation sites is 2. The van der Waals surface area contributed by atoms with Crippen LogP contribution in [0.25, 0.3) is 0 Å². The molecule has 0 aromatic heterocycles. The normalized spacial score (nSPS) is 19.6. The molecule has 1 amide bonds. The number of hydrogen-bond acceptors (Lipinski definition) is 4. The van der Waals surface area contributed by atoms with E-state index in [0.29, 0.717) is 24.5 Å². The third-order valence-electron chi connectivity index (χ3n) is 6.30. The van der Waals surface area contributed by atoms with Gasteiger partial charge in [0.05, 0.1) is 4.92 Å². The number of anilines is 3. The number of hydrogen-bond donors (Lipinski definition) is 0. The van der Waals surface area contributed by atoms with E-state index < -0.39 is 18.0 Å². The van der Waals surface area contributed by atoms with E-state index in [1.807, 2.05) is 70.0 Å². The Balaban J connectivity index is 1.56. The Hall–Kier alpha value is -3.90. The van der Waals surface area contributed by atoms with E-state index >= 15 is 4.57 Å². The molecule has 9 heteroatoms. The molecule has 0 radical (unpaired) electrons. The summed E-state index contributed by atoms with van der Waals surface area (Å²) in [5.41, 5.74) is 1.72. The molecular formula is C25H23N4O4P. The predicted octanol–water partition coefficient (Wildman–Crippen LogP) is 5.43. The highest BCUT2D eigenvalue weighted by molar-refractivity contribution is 7.69. The average Bonchev–Trinajstić information content (AvgIpc) is 3.36. The van der Waals surface area contributed by atoms with E-state index in [1.54, 1.807) is 0 Å². The highest BCUT2D eigenvalue weighted by Gasteiger charge is 2.56. The van der Waals surface area contributed by atoms with Gasteiger partial charge in [-0.3, -0.25) is 24.4 Å². The Labute approximate surface area is 197 Å². The molecule has 2 saturated heterocycles. The lowest BCUT2D eigenvalue weighted by Crippen LogP contribution is -2.35. The number of nitrogens with zero attached hydrogens (tertiary/aromatic N) is 4. The first-order chi connectivity index (χ1) is 16.4. The van der Waals surface area contributed by atoms with Crippen LogP contribution in [-0.2, 0) is 9.36 Å². The van der Waals surface area contributed by atoms with Crippen LogP contribution < -0.4 is 14.2 Å². The van der Waals surface area contributed by atoms with Crippen molar-refractivity contribution < 1.29 is 14.3 Å². The molecule has 172 valence electrons. The summed E-state index contributed by atoms with van der Waals surface area (Å²) in [6.45, 7) is 5.12. The van der Waals surface area contributed by atoms with Crippen LogP contribution in [0.15, 0.2) is 97.2 Å². The van der Waals surface area contributed by atoms with Gasteiger partial charge in [-0.2, -0.15) is 0 Å². The van der Waals surface area contributed by atoms with Crippen LogP contribution in [0.5, 0.6) is 0 Å². The molecule has 0 aliphatic carbocycles. The Kier molecular flexibility index (Phi) is 5.46. The molecule has 0 spiro atoms. The van der Waals surface area contributed by atoms with Crippen LogP contribution in [0.4, 0.5) is 22.7 Å². The van der Waals surface area contributed by atoms with Gasteiger partial charge >= 0.3 is 0 Å². The molecule has 2 heterocycles. The van der Waals surface area contributed by atoms with Crippen molar-refractivity contribution in [3.8, 4) is 0 Å². The monoisotopic (exact) mass is 474 g/mol. The maximum atomic E-state index is 15.0. The standard InChI is InChI=1S/C25H23N4O4P/c1-19-18-24(25(30)28(19)22-12-14-23(15-13-22)29(31)32)34(33)26(20-8-4-2-5-9-20)16-17-27(34)21-10-6-3-7-11-21/h2-15,24H,1,16-18H2. The quantitative estimate of drug-likeness (QED) is 0.278. The smallest absolute Gasteiger partial charge is 0.275 e. The van der Waals surface area contributed by atoms with Gasteiger partial charge < -0.3 is 9.34 Å². The average molecular weight is 474 g/mol. The fourth-order valence-electron chi connectivity index (χ4n) is 4.73. The SMILES string of the molecule is C=C1CC(P2(=O)N(c3ccccc3)CCN2c2ccccc2)C(=O)N1c1ccc([N+](=O)[O-])cc1. The topological polar surface area (TPSA) is 87.0 Å². The maximum absolute atomic E-state index is 15.0. The van der Waals surface area contributed by atoms with Crippen molar-refractivity contribution in [1.29, 1.82) is 0 Å². The number of carbonyl (C=O) groups is 1. The van der Waals surface area contributed by atoms with E-state index in [0.717, 1.165) is 11.4 Å². The second-order valence-electron chi connectivity index (χ2n) is 8.24. The first kappa shape index (κ1) is 21.9. The summed E-state index contributed by atoms with van der Waals surface area (Å²) in [7, 11) is -3.45. The van der Waals surface area contributed by atoms with E-state index in [2.05, 4.69) is 6.58 Å². The number of nitro groups is 1. The van der Waals surface area contributed by atoms with Gasteiger partial charge in [-0.25, -0.2) is 0 Å². The minimum absolute atomic E-state index is 0.0633. The van der Waals surface area contributed by atoms with Gasteiger partial charge in [-0.05, 0) is 36.4 Å². The van der Waals surface area contributed by atoms with Gasteiger partial charge in [0, 0.05) is 54.4 Å². The number of non-ortho nitro benzene ring substituents is 1. The summed E-state index contributed by atoms with van der Waals surface area (Å²) in [6, 6.07) is 24.8. The lowest BCUT2D eigenvalue weighted by molar-refractivity contribution is -0.384. The molecule has 3 aromatic rings. The number of rotatable bonds is 5. The third kappa shape index (κ3) is 3.47. The second-order valence-corrected chi connectivity index (χ2v) is 11.0. The molecule has 3 aromatic carbocycles. The Morgan fingerprint density at radius 2 is 1.32 bits per heavy atom. The maximum Gasteiger partial charge on any atom is 0.275 e. The number of carbonyl (C=O) groups excluding carboxylic acids is 1. The van der Waals surface area contributed by atoms with Crippen molar-refractivity contribution in [3.63, 3.8) is 0 Å². The van der Waals surface area contributed by atoms with Crippen molar-refractivity contribution >= 4 is 36.1 Å². The summed E-state index contributed by atoms with van der Waals surface area (Å²) in [5, 5.41) is 11.0. The zero-order valence-corrected chi connectivity index (χ0v) is 19.3. The summed E-state index contributed by atoms with van der Waals surface area (Å²) >= 11 is 0. The van der Waals surface area contributed by atoms with E-state index in [-0.39, 0.29) is 18.0 Å². The van der Waals surface area contributed by atoms with Crippen LogP contribution in [-0.4, -0.2) is 29.6 Å². The minimum atomic E-state index is -3.45. The molecule has 2 aliphatic rings. The summed E-state index contributed by atoms with van der Waals surface area (Å²) < 4.78 is 18.8. The van der Waals surface area contributed by atoms with Gasteiger partial charge in [-0.1, -0.05) is 43.0 Å². The molecule has 0 bridgehead atoms. The van der Waals surface area contributed by atoms with Crippen LogP contribution in [0.1, 0.15) is 6.42 Å². The number of benzene rings is 3. The van der Waals surface area contributed by atoms with Gasteiger partial charge in [0.25, 0.3) is 13.1 Å². The van der Waals surface area contributed by atoms with Crippen LogP contribution in [0.2, 0.25) is 0 Å². The Bertz CT molecular complexity index is 1250. The molecule has 8 nitrogen and oxygen atoms in total. The van der Waals surface area contributed by atoms with Crippen LogP contribution >= 0.6 is 7.44 Å². The molecule has 2 fully saturated rings. The summed E-state index contributed by atoms with van der Waals surface area (Å²) in [5.74, 6) is -0.314. The zero-order valence-electron chi connectivity index (χ0n) is 18.4. The molecule has 34 heavy (non-hydrogen) atoms. The lowest BCUT2D eigenvalue weighted by Gasteiger charge is -2.35. The molecule has 5 rings (SSSR count). The highest BCUT2D eigenvalue weighted by atomic mass is 31.2. The first-order valence-corrected chi connectivity index (χ1v) is 12.6. The van der Waals surface area contributed by atoms with E-state index in [1.165, 1.54) is 29.2 Å². The van der Waals surface area contributed by atoms with Gasteiger partial charge in [0.15, 0.2) is 0 Å². The van der Waals surface area contributed by atoms with Gasteiger partial charge in [0.1, 0.15) is 5.66 Å². The fraction of sp³-hybridized carbons (Fsp3) is 0.160. The molecule has 1 unspecified atom stereocenters. The van der Waals surface area contributed by atoms with Crippen molar-refractivity contribution in [2.75, 3.05) is 27.3 Å². The number of nitro benzene ring substituents is 1. The number of allylic oxidation sites excluding steroid dienone is 1. The second kappa shape index (κ2) is 8.47. The van der Waals surface area contributed by atoms with Crippen LogP contribution in [0, 0.1) is 10.1 Å². The highest BCUT2D eigenvalue weighted by Crippen LogP contribution is 2.66. The summed E-state index contributed by atoms with van der Waals surface area (Å²) in [4.78, 5) is 25.8. The predicted molar refractivity (Wildman–Crippen MR) is 133 cm³/mol. The van der Waals surface area contributed by atoms with Crippen molar-refractivity contribution in [2.24, 2.45) is 0 Å². The summed E-state index contributed by atoms with van der Waals surface area (Å²) in [6.07, 6.45) is 0.236. The number of amides is 1. The first-order valence-electron chi connectivity index (χ1n) is 10.9. The van der Waals surface area contributed by atoms with Gasteiger partial charge in [-0.15, -0.1) is 0 Å². The zero-order chi connectivity index (χ0) is 23.9. The van der Waals surface area contributed by atoms with Crippen molar-refractivity contribution in [2.45, 2.75) is 12.1 Å². The van der Waals surface area contributed by atoms with E-state index in [9.17, 15) is 14.9 Å². The Morgan fingerprint density at radius 1 is 0.824 bits per heavy atom. The van der Waals surface area contributed by atoms with E-state index in [4.69, 9.17) is 0 Å². The molecule has 2 aliphatic heterocycles. The fourth-order valence-corrected chi connectivity index (χ4v) is 8.20. The van der Waals surface area contributed by atoms with Crippen LogP contribution in [0.3, 0.4) is 0 Å². The largest absolute Gasteiger partial charge is 0.304 e. The third-order valence-corrected chi connectivity index (χ3v) is 9.76. The lowest BCUT2D eigenvalue weighted by atomic mass is 10.2. The van der Waals surface area contributed by atoms with Gasteiger partial charge in [0.2, 0.25) is 5.91 Å². The molecular weight excluding hydrogens is 451 g/mol. The molecule has 1 atom stereocenters. The molecule has 0 saturated carbocycles. The minimum Gasteiger partial charge on any atom is -0.304 e. The van der Waals surface area contributed by atoms with Crippen molar-refractivity contribution in [1.82, 2.24) is 0 Å². The van der Waals surface area contributed by atoms with Crippen molar-refractivity contribution in [3.05, 3.63) is 107 Å².